The Hall–Kier alpha value is -2.18. The summed E-state index contributed by atoms with van der Waals surface area (Å²) in [6.45, 7) is 0. The van der Waals surface area contributed by atoms with Crippen LogP contribution in [0.5, 0.6) is 0 Å². The Labute approximate surface area is 152 Å². The van der Waals surface area contributed by atoms with E-state index in [1.165, 1.54) is 12.1 Å². The van der Waals surface area contributed by atoms with E-state index in [-0.39, 0.29) is 4.90 Å². The Morgan fingerprint density at radius 3 is 1.48 bits per heavy atom. The molecule has 0 saturated heterocycles. The average molecular weight is 374 g/mol. The Balaban J connectivity index is 2.19. The molecule has 1 atom stereocenters. The number of sulfonamides is 1. The van der Waals surface area contributed by atoms with Crippen molar-refractivity contribution < 1.29 is 12.0 Å². The number of hydrogen-bond donors (Lipinski definition) is 0. The average Bonchev–Trinajstić information content (AvgIpc) is 2.64. The van der Waals surface area contributed by atoms with Crippen LogP contribution < -0.4 is 0 Å². The third kappa shape index (κ3) is 3.32. The number of halogens is 1. The van der Waals surface area contributed by atoms with Crippen LogP contribution in [0.25, 0.3) is 0 Å². The summed E-state index contributed by atoms with van der Waals surface area (Å²) >= 11 is 6.19. The highest BCUT2D eigenvalue weighted by Gasteiger charge is 2.44. The highest BCUT2D eigenvalue weighted by molar-refractivity contribution is 7.86. The second-order valence-corrected chi connectivity index (χ2v) is 8.20. The summed E-state index contributed by atoms with van der Waals surface area (Å²) in [5.41, 5.74) is 1.05. The first-order chi connectivity index (χ1) is 11.9. The van der Waals surface area contributed by atoms with Crippen LogP contribution in [0, 0.1) is 5.21 Å². The molecule has 0 aliphatic heterocycles. The fraction of sp³-hybridized carbons (Fsp3) is 0.0526. The monoisotopic (exact) mass is 373 g/mol. The third-order valence-electron chi connectivity index (χ3n) is 3.91. The Morgan fingerprint density at radius 1 is 0.720 bits per heavy atom. The van der Waals surface area contributed by atoms with E-state index in [1.807, 2.05) is 0 Å². The first-order valence-corrected chi connectivity index (χ1v) is 9.42. The number of hydroxylamine groups is 1. The SMILES string of the molecule is O=S(=O)(c1ccccc1)[N+]([O-])(Cl)C(c1ccccc1)c1ccccc1. The lowest BCUT2D eigenvalue weighted by atomic mass is 10.00. The van der Waals surface area contributed by atoms with Crippen LogP contribution in [0.3, 0.4) is 0 Å². The van der Waals surface area contributed by atoms with E-state index in [4.69, 9.17) is 11.8 Å². The highest BCUT2D eigenvalue weighted by atomic mass is 35.5. The molecule has 0 aliphatic carbocycles. The quantitative estimate of drug-likeness (QED) is 0.483. The molecule has 0 aromatic heterocycles. The maximum atomic E-state index is 13.3. The van der Waals surface area contributed by atoms with E-state index in [0.717, 1.165) is 0 Å². The molecule has 3 aromatic rings. The largest absolute Gasteiger partial charge is 0.597 e. The summed E-state index contributed by atoms with van der Waals surface area (Å²) in [7, 11) is -4.39. The molecular weight excluding hydrogens is 358 g/mol. The zero-order valence-electron chi connectivity index (χ0n) is 13.2. The molecule has 0 radical (unpaired) electrons. The van der Waals surface area contributed by atoms with Crippen molar-refractivity contribution in [1.82, 2.24) is 0 Å². The number of quaternary nitrogens is 1. The van der Waals surface area contributed by atoms with Crippen molar-refractivity contribution in [1.29, 1.82) is 0 Å². The van der Waals surface area contributed by atoms with E-state index < -0.39 is 19.6 Å². The molecule has 1 unspecified atom stereocenters. The van der Waals surface area contributed by atoms with Gasteiger partial charge in [-0.1, -0.05) is 78.9 Å². The van der Waals surface area contributed by atoms with E-state index in [2.05, 4.69) is 0 Å². The standard InChI is InChI=1S/C19H16ClNO3S/c20-21(22,25(23,24)18-14-8-3-9-15-18)19(16-10-4-1-5-11-16)17-12-6-2-7-13-17/h1-15,19H. The molecule has 0 heterocycles. The normalized spacial score (nSPS) is 14.2. The maximum absolute atomic E-state index is 13.3. The Bertz CT molecular complexity index is 891. The fourth-order valence-electron chi connectivity index (χ4n) is 2.69. The lowest BCUT2D eigenvalue weighted by Gasteiger charge is -2.38. The van der Waals surface area contributed by atoms with Gasteiger partial charge in [0.2, 0.25) is 0 Å². The summed E-state index contributed by atoms with van der Waals surface area (Å²) in [5, 5.41) is 13.3. The van der Waals surface area contributed by atoms with Crippen molar-refractivity contribution in [3.8, 4) is 0 Å². The smallest absolute Gasteiger partial charge is 0.344 e. The van der Waals surface area contributed by atoms with Crippen LogP contribution >= 0.6 is 11.8 Å². The van der Waals surface area contributed by atoms with Gasteiger partial charge >= 0.3 is 10.0 Å². The van der Waals surface area contributed by atoms with Crippen LogP contribution in [0.15, 0.2) is 95.9 Å². The van der Waals surface area contributed by atoms with Gasteiger partial charge < -0.3 is 5.21 Å². The number of rotatable bonds is 5. The van der Waals surface area contributed by atoms with Crippen molar-refractivity contribution in [2.24, 2.45) is 0 Å². The molecular formula is C19H16ClNO3S. The molecule has 0 bridgehead atoms. The number of hydrogen-bond acceptors (Lipinski definition) is 3. The minimum Gasteiger partial charge on any atom is -0.597 e. The zero-order chi connectivity index (χ0) is 17.9. The molecule has 128 valence electrons. The fourth-order valence-corrected chi connectivity index (χ4v) is 4.47. The second kappa shape index (κ2) is 6.98. The van der Waals surface area contributed by atoms with Crippen LogP contribution in [0.1, 0.15) is 17.2 Å². The molecule has 0 spiro atoms. The topological polar surface area (TPSA) is 57.2 Å². The van der Waals surface area contributed by atoms with Gasteiger partial charge in [-0.05, 0) is 12.1 Å². The van der Waals surface area contributed by atoms with Crippen molar-refractivity contribution >= 4 is 21.8 Å². The highest BCUT2D eigenvalue weighted by Crippen LogP contribution is 2.42. The van der Waals surface area contributed by atoms with Gasteiger partial charge in [0.15, 0.2) is 17.8 Å². The molecule has 4 nitrogen and oxygen atoms in total. The van der Waals surface area contributed by atoms with Crippen molar-refractivity contribution in [3.05, 3.63) is 107 Å². The minimum absolute atomic E-state index is 0.114. The lowest BCUT2D eigenvalue weighted by Crippen LogP contribution is -2.42. The van der Waals surface area contributed by atoms with Crippen molar-refractivity contribution in [3.63, 3.8) is 0 Å². The minimum atomic E-state index is -4.39. The molecule has 0 fully saturated rings. The molecule has 6 heteroatoms. The van der Waals surface area contributed by atoms with Crippen LogP contribution in [0.2, 0.25) is 0 Å². The van der Waals surface area contributed by atoms with Gasteiger partial charge in [0.1, 0.15) is 4.90 Å². The van der Waals surface area contributed by atoms with E-state index in [9.17, 15) is 13.6 Å². The lowest BCUT2D eigenvalue weighted by molar-refractivity contribution is -0.653. The van der Waals surface area contributed by atoms with Gasteiger partial charge in [-0.25, -0.2) is 0 Å². The predicted molar refractivity (Wildman–Crippen MR) is 97.8 cm³/mol. The summed E-state index contributed by atoms with van der Waals surface area (Å²) in [6, 6.07) is 23.8. The van der Waals surface area contributed by atoms with Crippen molar-refractivity contribution in [2.45, 2.75) is 10.9 Å². The first kappa shape index (κ1) is 17.6. The predicted octanol–water partition coefficient (Wildman–Crippen LogP) is 4.63. The molecule has 0 amide bonds. The zero-order valence-corrected chi connectivity index (χ0v) is 14.8. The van der Waals surface area contributed by atoms with Gasteiger partial charge in [-0.15, -0.1) is 3.57 Å². The summed E-state index contributed by atoms with van der Waals surface area (Å²) < 4.78 is 24.0. The van der Waals surface area contributed by atoms with Crippen LogP contribution in [-0.2, 0) is 10.0 Å². The second-order valence-electron chi connectivity index (χ2n) is 5.53. The van der Waals surface area contributed by atoms with E-state index >= 15 is 0 Å². The molecule has 3 aromatic carbocycles. The van der Waals surface area contributed by atoms with Gasteiger partial charge in [-0.2, -0.15) is 8.42 Å². The van der Waals surface area contributed by atoms with Crippen LogP contribution in [0.4, 0.5) is 0 Å². The van der Waals surface area contributed by atoms with Gasteiger partial charge in [0.05, 0.1) is 0 Å². The van der Waals surface area contributed by atoms with E-state index in [0.29, 0.717) is 11.1 Å². The van der Waals surface area contributed by atoms with E-state index in [1.54, 1.807) is 78.9 Å². The van der Waals surface area contributed by atoms with Gasteiger partial charge in [-0.3, -0.25) is 0 Å². The Kier molecular flexibility index (Phi) is 4.92. The summed E-state index contributed by atoms with van der Waals surface area (Å²) in [6.07, 6.45) is 0. The van der Waals surface area contributed by atoms with Crippen molar-refractivity contribution in [2.75, 3.05) is 0 Å². The molecule has 3 rings (SSSR count). The molecule has 0 N–H and O–H groups in total. The van der Waals surface area contributed by atoms with Gasteiger partial charge in [0.25, 0.3) is 0 Å². The summed E-state index contributed by atoms with van der Waals surface area (Å²) in [4.78, 5) is -0.114. The number of nitrogens with zero attached hydrogens (tertiary/aromatic N) is 1. The number of benzene rings is 3. The summed E-state index contributed by atoms with van der Waals surface area (Å²) in [5.74, 6) is 0. The first-order valence-electron chi connectivity index (χ1n) is 7.64. The van der Waals surface area contributed by atoms with Gasteiger partial charge in [0, 0.05) is 11.1 Å². The Morgan fingerprint density at radius 2 is 1.08 bits per heavy atom. The van der Waals surface area contributed by atoms with Crippen LogP contribution in [-0.4, -0.2) is 12.0 Å². The molecule has 0 aliphatic rings. The maximum Gasteiger partial charge on any atom is 0.344 e. The third-order valence-corrected chi connectivity index (χ3v) is 6.38. The molecule has 25 heavy (non-hydrogen) atoms. The molecule has 0 saturated carbocycles.